The number of aryl methyl sites for hydroxylation is 1. The molecule has 1 amide bonds. The minimum absolute atomic E-state index is 0.227. The highest BCUT2D eigenvalue weighted by Crippen LogP contribution is 2.21. The summed E-state index contributed by atoms with van der Waals surface area (Å²) in [6, 6.07) is 6.82. The zero-order valence-electron chi connectivity index (χ0n) is 10.1. The number of aromatic nitrogens is 1. The number of carbonyl (C=O) groups excluding carboxylic acids is 1. The van der Waals surface area contributed by atoms with E-state index >= 15 is 0 Å². The van der Waals surface area contributed by atoms with Crippen LogP contribution in [0.1, 0.15) is 15.9 Å². The number of hydrogen-bond acceptors (Lipinski definition) is 3. The maximum absolute atomic E-state index is 12.0. The number of nitrogens with one attached hydrogen (secondary N) is 1. The molecule has 1 aromatic carbocycles. The van der Waals surface area contributed by atoms with Crippen molar-refractivity contribution >= 4 is 49.3 Å². The van der Waals surface area contributed by atoms with Crippen LogP contribution in [0.5, 0.6) is 0 Å². The van der Waals surface area contributed by atoms with E-state index in [1.807, 2.05) is 6.92 Å². The standard InChI is InChI=1S/C13H11Br2N3O/c1-7-4-12(17-6-10(7)15)18-13(19)8-2-3-11(16)9(14)5-8/h2-6H,16H2,1H3,(H,17,18,19). The van der Waals surface area contributed by atoms with Gasteiger partial charge in [0.05, 0.1) is 0 Å². The van der Waals surface area contributed by atoms with Gasteiger partial charge in [-0.15, -0.1) is 0 Å². The number of benzene rings is 1. The third kappa shape index (κ3) is 3.33. The van der Waals surface area contributed by atoms with Gasteiger partial charge in [0.2, 0.25) is 0 Å². The van der Waals surface area contributed by atoms with E-state index in [9.17, 15) is 4.79 Å². The molecular weight excluding hydrogens is 374 g/mol. The number of nitrogens with two attached hydrogens (primary N) is 1. The molecule has 0 bridgehead atoms. The van der Waals surface area contributed by atoms with Crippen molar-refractivity contribution in [3.63, 3.8) is 0 Å². The average Bonchev–Trinajstić information content (AvgIpc) is 2.37. The molecule has 0 saturated heterocycles. The predicted octanol–water partition coefficient (Wildman–Crippen LogP) is 3.75. The minimum atomic E-state index is -0.227. The fourth-order valence-corrected chi connectivity index (χ4v) is 2.06. The van der Waals surface area contributed by atoms with Crippen molar-refractivity contribution in [3.8, 4) is 0 Å². The van der Waals surface area contributed by atoms with E-state index in [-0.39, 0.29) is 5.91 Å². The van der Waals surface area contributed by atoms with Crippen LogP contribution in [-0.2, 0) is 0 Å². The first-order valence-corrected chi connectivity index (χ1v) is 7.04. The molecule has 1 aromatic heterocycles. The Morgan fingerprint density at radius 2 is 2.00 bits per heavy atom. The minimum Gasteiger partial charge on any atom is -0.398 e. The Labute approximate surface area is 127 Å². The highest BCUT2D eigenvalue weighted by molar-refractivity contribution is 9.10. The van der Waals surface area contributed by atoms with Crippen molar-refractivity contribution < 1.29 is 4.79 Å². The van der Waals surface area contributed by atoms with E-state index in [0.29, 0.717) is 21.5 Å². The lowest BCUT2D eigenvalue weighted by molar-refractivity contribution is 0.102. The lowest BCUT2D eigenvalue weighted by Gasteiger charge is -2.07. The van der Waals surface area contributed by atoms with Gasteiger partial charge < -0.3 is 11.1 Å². The van der Waals surface area contributed by atoms with Crippen LogP contribution < -0.4 is 11.1 Å². The Morgan fingerprint density at radius 1 is 1.26 bits per heavy atom. The van der Waals surface area contributed by atoms with Crippen molar-refractivity contribution in [1.82, 2.24) is 4.98 Å². The molecule has 98 valence electrons. The van der Waals surface area contributed by atoms with Gasteiger partial charge in [-0.05, 0) is 68.6 Å². The Kier molecular flexibility index (Phi) is 4.21. The van der Waals surface area contributed by atoms with Crippen LogP contribution >= 0.6 is 31.9 Å². The van der Waals surface area contributed by atoms with E-state index in [2.05, 4.69) is 42.2 Å². The molecule has 0 aliphatic carbocycles. The molecule has 0 saturated carbocycles. The summed E-state index contributed by atoms with van der Waals surface area (Å²) >= 11 is 6.66. The van der Waals surface area contributed by atoms with Crippen molar-refractivity contribution in [2.24, 2.45) is 0 Å². The summed E-state index contributed by atoms with van der Waals surface area (Å²) in [5.41, 5.74) is 7.79. The molecule has 0 spiro atoms. The largest absolute Gasteiger partial charge is 0.398 e. The predicted molar refractivity (Wildman–Crippen MR) is 83.2 cm³/mol. The van der Waals surface area contributed by atoms with Gasteiger partial charge in [0.1, 0.15) is 5.82 Å². The van der Waals surface area contributed by atoms with Gasteiger partial charge in [-0.3, -0.25) is 4.79 Å². The van der Waals surface area contributed by atoms with Crippen LogP contribution in [0.2, 0.25) is 0 Å². The van der Waals surface area contributed by atoms with Crippen LogP contribution in [0.15, 0.2) is 39.4 Å². The van der Waals surface area contributed by atoms with Crippen LogP contribution in [0.3, 0.4) is 0 Å². The number of amides is 1. The fourth-order valence-electron chi connectivity index (χ4n) is 1.46. The number of rotatable bonds is 2. The summed E-state index contributed by atoms with van der Waals surface area (Å²) in [7, 11) is 0. The lowest BCUT2D eigenvalue weighted by atomic mass is 10.2. The molecule has 1 heterocycles. The van der Waals surface area contributed by atoms with E-state index in [1.54, 1.807) is 30.5 Å². The maximum atomic E-state index is 12.0. The number of pyridine rings is 1. The van der Waals surface area contributed by atoms with Gasteiger partial charge in [0, 0.05) is 26.4 Å². The number of nitrogen functional groups attached to an aromatic ring is 1. The average molecular weight is 385 g/mol. The lowest BCUT2D eigenvalue weighted by Crippen LogP contribution is -2.13. The van der Waals surface area contributed by atoms with Gasteiger partial charge in [-0.2, -0.15) is 0 Å². The zero-order valence-corrected chi connectivity index (χ0v) is 13.2. The van der Waals surface area contributed by atoms with Crippen molar-refractivity contribution in [3.05, 3.63) is 50.5 Å². The quantitative estimate of drug-likeness (QED) is 0.774. The van der Waals surface area contributed by atoms with Gasteiger partial charge in [0.25, 0.3) is 5.91 Å². The van der Waals surface area contributed by atoms with Crippen molar-refractivity contribution in [2.45, 2.75) is 6.92 Å². The monoisotopic (exact) mass is 383 g/mol. The number of anilines is 2. The topological polar surface area (TPSA) is 68.0 Å². The Hall–Kier alpha value is -1.40. The zero-order chi connectivity index (χ0) is 14.0. The molecule has 4 nitrogen and oxygen atoms in total. The third-order valence-corrected chi connectivity index (χ3v) is 4.07. The molecule has 6 heteroatoms. The second-order valence-corrected chi connectivity index (χ2v) is 5.72. The summed E-state index contributed by atoms with van der Waals surface area (Å²) in [6.07, 6.45) is 1.66. The molecule has 19 heavy (non-hydrogen) atoms. The van der Waals surface area contributed by atoms with Gasteiger partial charge in [-0.1, -0.05) is 0 Å². The second-order valence-electron chi connectivity index (χ2n) is 4.01. The van der Waals surface area contributed by atoms with E-state index in [1.165, 1.54) is 0 Å². The van der Waals surface area contributed by atoms with Gasteiger partial charge in [0.15, 0.2) is 0 Å². The molecule has 0 fully saturated rings. The van der Waals surface area contributed by atoms with Crippen molar-refractivity contribution in [1.29, 1.82) is 0 Å². The Balaban J connectivity index is 2.20. The Bertz CT molecular complexity index is 644. The SMILES string of the molecule is Cc1cc(NC(=O)c2ccc(N)c(Br)c2)ncc1Br. The summed E-state index contributed by atoms with van der Waals surface area (Å²) in [4.78, 5) is 16.2. The third-order valence-electron chi connectivity index (χ3n) is 2.55. The second kappa shape index (κ2) is 5.71. The fraction of sp³-hybridized carbons (Fsp3) is 0.0769. The summed E-state index contributed by atoms with van der Waals surface area (Å²) in [5, 5.41) is 2.74. The summed E-state index contributed by atoms with van der Waals surface area (Å²) < 4.78 is 1.60. The van der Waals surface area contributed by atoms with Crippen LogP contribution in [0.25, 0.3) is 0 Å². The smallest absolute Gasteiger partial charge is 0.256 e. The number of nitrogens with zero attached hydrogens (tertiary/aromatic N) is 1. The highest BCUT2D eigenvalue weighted by atomic mass is 79.9. The van der Waals surface area contributed by atoms with E-state index in [0.717, 1.165) is 10.0 Å². The highest BCUT2D eigenvalue weighted by Gasteiger charge is 2.09. The first kappa shape index (κ1) is 14.0. The summed E-state index contributed by atoms with van der Waals surface area (Å²) in [6.45, 7) is 1.93. The molecule has 3 N–H and O–H groups in total. The number of hydrogen-bond donors (Lipinski definition) is 2. The molecule has 0 aliphatic rings. The van der Waals surface area contributed by atoms with Crippen molar-refractivity contribution in [2.75, 3.05) is 11.1 Å². The Morgan fingerprint density at radius 3 is 2.63 bits per heavy atom. The molecule has 2 aromatic rings. The maximum Gasteiger partial charge on any atom is 0.256 e. The molecule has 0 atom stereocenters. The van der Waals surface area contributed by atoms with Gasteiger partial charge in [-0.25, -0.2) is 4.98 Å². The van der Waals surface area contributed by atoms with E-state index in [4.69, 9.17) is 5.73 Å². The van der Waals surface area contributed by atoms with Crippen LogP contribution in [0.4, 0.5) is 11.5 Å². The molecular formula is C13H11Br2N3O. The van der Waals surface area contributed by atoms with E-state index < -0.39 is 0 Å². The van der Waals surface area contributed by atoms with Crippen LogP contribution in [0, 0.1) is 6.92 Å². The molecule has 0 aliphatic heterocycles. The van der Waals surface area contributed by atoms with Crippen LogP contribution in [-0.4, -0.2) is 10.9 Å². The van der Waals surface area contributed by atoms with Gasteiger partial charge >= 0.3 is 0 Å². The number of halogens is 2. The molecule has 2 rings (SSSR count). The normalized spacial score (nSPS) is 10.3. The first-order valence-electron chi connectivity index (χ1n) is 5.46. The summed E-state index contributed by atoms with van der Waals surface area (Å²) in [5.74, 6) is 0.286. The first-order chi connectivity index (χ1) is 8.97. The molecule has 0 radical (unpaired) electrons. The number of carbonyl (C=O) groups is 1. The molecule has 0 unspecified atom stereocenters.